The molecule has 0 unspecified atom stereocenters. The second-order valence-electron chi connectivity index (χ2n) is 6.24. The molecule has 1 fully saturated rings. The van der Waals surface area contributed by atoms with Gasteiger partial charge >= 0.3 is 0 Å². The number of benzene rings is 1. The van der Waals surface area contributed by atoms with Gasteiger partial charge < -0.3 is 4.74 Å². The van der Waals surface area contributed by atoms with E-state index in [1.807, 2.05) is 0 Å². The Morgan fingerprint density at radius 1 is 1.18 bits per heavy atom. The molecule has 0 atom stereocenters. The molecule has 4 heteroatoms. The van der Waals surface area contributed by atoms with Crippen LogP contribution in [0.15, 0.2) is 18.2 Å². The van der Waals surface area contributed by atoms with Crippen LogP contribution in [0.2, 0.25) is 6.04 Å². The molecule has 1 nitrogen and oxygen atoms in total. The average molecular weight is 324 g/mol. The largest absolute Gasteiger partial charge is 0.491 e. The van der Waals surface area contributed by atoms with Crippen LogP contribution in [-0.2, 0) is 0 Å². The molecule has 1 aromatic rings. The van der Waals surface area contributed by atoms with Crippen molar-refractivity contribution in [3.8, 4) is 5.75 Å². The molecule has 0 saturated heterocycles. The van der Waals surface area contributed by atoms with Crippen LogP contribution in [0.25, 0.3) is 0 Å². The van der Waals surface area contributed by atoms with Gasteiger partial charge in [0.15, 0.2) is 0 Å². The van der Waals surface area contributed by atoms with Crippen LogP contribution in [-0.4, -0.2) is 22.8 Å². The highest BCUT2D eigenvalue weighted by molar-refractivity contribution is 6.53. The van der Waals surface area contributed by atoms with Crippen molar-refractivity contribution in [1.82, 2.24) is 0 Å². The van der Waals surface area contributed by atoms with E-state index in [1.54, 1.807) is 12.1 Å². The first-order valence-electron chi connectivity index (χ1n) is 8.45. The van der Waals surface area contributed by atoms with E-state index >= 15 is 0 Å². The fourth-order valence-corrected chi connectivity index (χ4v) is 4.63. The van der Waals surface area contributed by atoms with E-state index in [9.17, 15) is 8.78 Å². The predicted octanol–water partition coefficient (Wildman–Crippen LogP) is 4.53. The molecule has 0 aromatic heterocycles. The van der Waals surface area contributed by atoms with Gasteiger partial charge in [0.05, 0.1) is 9.52 Å². The lowest BCUT2D eigenvalue weighted by molar-refractivity contribution is 0.272. The zero-order valence-corrected chi connectivity index (χ0v) is 14.4. The third kappa shape index (κ3) is 5.38. The molecule has 1 saturated carbocycles. The molecule has 0 N–H and O–H groups in total. The Balaban J connectivity index is 1.77. The summed E-state index contributed by atoms with van der Waals surface area (Å²) in [5.41, 5.74) is 0. The maximum Gasteiger partial charge on any atom is 0.125 e. The Labute approximate surface area is 135 Å². The maximum absolute atomic E-state index is 14.0. The summed E-state index contributed by atoms with van der Waals surface area (Å²) in [6.07, 6.45) is 7.96. The summed E-state index contributed by atoms with van der Waals surface area (Å²) in [7, 11) is 0.521. The summed E-state index contributed by atoms with van der Waals surface area (Å²) in [4.78, 5) is 0. The second-order valence-corrected chi connectivity index (χ2v) is 7.54. The minimum absolute atomic E-state index is 0.0118. The van der Waals surface area contributed by atoms with E-state index in [0.717, 1.165) is 23.1 Å². The van der Waals surface area contributed by atoms with Crippen molar-refractivity contribution in [1.29, 1.82) is 0 Å². The average Bonchev–Trinajstić information content (AvgIpc) is 2.54. The van der Waals surface area contributed by atoms with Crippen LogP contribution in [0.5, 0.6) is 5.75 Å². The number of rotatable bonds is 8. The fourth-order valence-electron chi connectivity index (χ4n) is 3.27. The summed E-state index contributed by atoms with van der Waals surface area (Å²) in [6, 6.07) is 6.03. The van der Waals surface area contributed by atoms with E-state index in [2.05, 4.69) is 6.92 Å². The Kier molecular flexibility index (Phi) is 7.36. The summed E-state index contributed by atoms with van der Waals surface area (Å²) in [5, 5.41) is 0.781. The molecule has 0 aliphatic heterocycles. The molecular weight excluding hydrogens is 298 g/mol. The quantitative estimate of drug-likeness (QED) is 0.639. The summed E-state index contributed by atoms with van der Waals surface area (Å²) < 4.78 is 31.2. The molecule has 0 amide bonds. The van der Waals surface area contributed by atoms with Gasteiger partial charge in [-0.2, -0.15) is 0 Å². The third-order valence-corrected chi connectivity index (χ3v) is 6.10. The topological polar surface area (TPSA) is 9.23 Å². The first-order chi connectivity index (χ1) is 10.7. The van der Waals surface area contributed by atoms with Gasteiger partial charge in [-0.1, -0.05) is 57.6 Å². The van der Waals surface area contributed by atoms with E-state index in [1.165, 1.54) is 44.6 Å². The van der Waals surface area contributed by atoms with Crippen LogP contribution in [0.1, 0.15) is 45.4 Å². The molecule has 22 heavy (non-hydrogen) atoms. The highest BCUT2D eigenvalue weighted by atomic mass is 28.2. The summed E-state index contributed by atoms with van der Waals surface area (Å²) in [6.45, 7) is 1.70. The first kappa shape index (κ1) is 17.5. The Hall–Kier alpha value is -0.903. The molecule has 0 spiro atoms. The van der Waals surface area contributed by atoms with Crippen molar-refractivity contribution in [2.45, 2.75) is 51.5 Å². The standard InChI is InChI=1S/C18H26F2OSi/c1-2-3-14-4-6-15(7-5-14)13-22-18-9-8-16(12-17(18)20)21-11-10-19/h8-9,12,14-15H,2-7,10-11,13H2,1H3. The summed E-state index contributed by atoms with van der Waals surface area (Å²) >= 11 is 0. The van der Waals surface area contributed by atoms with Crippen molar-refractivity contribution >= 4 is 14.7 Å². The number of hydrogen-bond acceptors (Lipinski definition) is 1. The monoisotopic (exact) mass is 324 g/mol. The van der Waals surface area contributed by atoms with Gasteiger partial charge in [-0.3, -0.25) is 0 Å². The first-order valence-corrected chi connectivity index (χ1v) is 9.65. The maximum atomic E-state index is 14.0. The molecule has 1 aromatic carbocycles. The fraction of sp³-hybridized carbons (Fsp3) is 0.667. The molecule has 122 valence electrons. The zero-order chi connectivity index (χ0) is 15.8. The molecule has 1 aliphatic carbocycles. The van der Waals surface area contributed by atoms with Crippen LogP contribution in [0.4, 0.5) is 8.78 Å². The van der Waals surface area contributed by atoms with Gasteiger partial charge in [0.25, 0.3) is 0 Å². The Morgan fingerprint density at radius 2 is 1.91 bits per heavy atom. The molecule has 0 heterocycles. The lowest BCUT2D eigenvalue weighted by Gasteiger charge is -2.28. The number of halogens is 2. The van der Waals surface area contributed by atoms with Gasteiger partial charge in [0.1, 0.15) is 24.8 Å². The van der Waals surface area contributed by atoms with Gasteiger partial charge in [-0.05, 0) is 23.1 Å². The van der Waals surface area contributed by atoms with Crippen LogP contribution < -0.4 is 9.92 Å². The lowest BCUT2D eigenvalue weighted by atomic mass is 9.81. The minimum atomic E-state index is -0.550. The van der Waals surface area contributed by atoms with E-state index in [0.29, 0.717) is 15.3 Å². The minimum Gasteiger partial charge on any atom is -0.491 e. The SMILES string of the molecule is CCCC1CCC(C[Si]c2ccc(OCCF)cc2F)CC1. The van der Waals surface area contributed by atoms with Crippen molar-refractivity contribution < 1.29 is 13.5 Å². The van der Waals surface area contributed by atoms with Gasteiger partial charge in [-0.15, -0.1) is 0 Å². The Morgan fingerprint density at radius 3 is 2.55 bits per heavy atom. The van der Waals surface area contributed by atoms with Crippen LogP contribution in [0, 0.1) is 17.7 Å². The van der Waals surface area contributed by atoms with Crippen molar-refractivity contribution in [3.05, 3.63) is 24.0 Å². The van der Waals surface area contributed by atoms with Crippen LogP contribution in [0.3, 0.4) is 0 Å². The van der Waals surface area contributed by atoms with Crippen LogP contribution >= 0.6 is 0 Å². The number of alkyl halides is 1. The number of ether oxygens (including phenoxy) is 1. The lowest BCUT2D eigenvalue weighted by Crippen LogP contribution is -2.23. The van der Waals surface area contributed by atoms with Crippen molar-refractivity contribution in [2.24, 2.45) is 11.8 Å². The van der Waals surface area contributed by atoms with Crippen molar-refractivity contribution in [2.75, 3.05) is 13.3 Å². The smallest absolute Gasteiger partial charge is 0.125 e. The van der Waals surface area contributed by atoms with Gasteiger partial charge in [0, 0.05) is 6.07 Å². The zero-order valence-electron chi connectivity index (χ0n) is 13.4. The molecule has 1 aliphatic rings. The third-order valence-electron chi connectivity index (χ3n) is 4.53. The normalized spacial score (nSPS) is 21.8. The molecular formula is C18H26F2OSi. The predicted molar refractivity (Wildman–Crippen MR) is 88.4 cm³/mol. The van der Waals surface area contributed by atoms with E-state index < -0.39 is 6.67 Å². The van der Waals surface area contributed by atoms with Crippen molar-refractivity contribution in [3.63, 3.8) is 0 Å². The second kappa shape index (κ2) is 9.28. The van der Waals surface area contributed by atoms with E-state index in [-0.39, 0.29) is 12.4 Å². The summed E-state index contributed by atoms with van der Waals surface area (Å²) in [5.74, 6) is 1.89. The molecule has 0 bridgehead atoms. The highest BCUT2D eigenvalue weighted by Crippen LogP contribution is 2.33. The molecule has 2 radical (unpaired) electrons. The Bertz CT molecular complexity index is 445. The van der Waals surface area contributed by atoms with Gasteiger partial charge in [-0.25, -0.2) is 8.78 Å². The highest BCUT2D eigenvalue weighted by Gasteiger charge is 2.21. The van der Waals surface area contributed by atoms with E-state index in [4.69, 9.17) is 4.74 Å². The molecule has 2 rings (SSSR count). The van der Waals surface area contributed by atoms with Gasteiger partial charge in [0.2, 0.25) is 0 Å². The number of hydrogen-bond donors (Lipinski definition) is 0.